The zero-order valence-corrected chi connectivity index (χ0v) is 4.93. The van der Waals surface area contributed by atoms with Crippen LogP contribution in [0.1, 0.15) is 13.3 Å². The summed E-state index contributed by atoms with van der Waals surface area (Å²) < 4.78 is 4.11. The molecule has 0 aromatic carbocycles. The first-order valence-electron chi connectivity index (χ1n) is 2.33. The van der Waals surface area contributed by atoms with E-state index in [1.165, 1.54) is 7.11 Å². The van der Waals surface area contributed by atoms with E-state index in [2.05, 4.69) is 4.74 Å². The van der Waals surface area contributed by atoms with Gasteiger partial charge in [0.05, 0.1) is 7.11 Å². The van der Waals surface area contributed by atoms with Crippen molar-refractivity contribution in [1.82, 2.24) is 0 Å². The van der Waals surface area contributed by atoms with E-state index in [-0.39, 0.29) is 36.0 Å². The van der Waals surface area contributed by atoms with E-state index in [9.17, 15) is 9.59 Å². The van der Waals surface area contributed by atoms with Crippen molar-refractivity contribution in [2.75, 3.05) is 7.11 Å². The molecule has 0 radical (unpaired) electrons. The molecular weight excluding hydrogens is 131 g/mol. The van der Waals surface area contributed by atoms with Crippen LogP contribution in [-0.2, 0) is 14.3 Å². The summed E-state index contributed by atoms with van der Waals surface area (Å²) in [5.74, 6) is -1.24. The number of carbonyl (C=O) groups is 2. The van der Waals surface area contributed by atoms with Crippen LogP contribution in [-0.4, -0.2) is 48.4 Å². The van der Waals surface area contributed by atoms with E-state index >= 15 is 0 Å². The van der Waals surface area contributed by atoms with Gasteiger partial charge in [0.2, 0.25) is 5.78 Å². The Hall–Kier alpha value is 0.140. The van der Waals surface area contributed by atoms with Crippen molar-refractivity contribution in [3.8, 4) is 0 Å². The summed E-state index contributed by atoms with van der Waals surface area (Å²) in [5, 5.41) is 0. The third-order valence-electron chi connectivity index (χ3n) is 0.734. The van der Waals surface area contributed by atoms with Crippen molar-refractivity contribution in [3.05, 3.63) is 0 Å². The van der Waals surface area contributed by atoms with Crippen LogP contribution in [0.15, 0.2) is 0 Å². The van der Waals surface area contributed by atoms with Crippen LogP contribution in [0.2, 0.25) is 0 Å². The molecule has 0 spiro atoms. The predicted molar refractivity (Wildman–Crippen MR) is 34.5 cm³/mol. The first-order chi connectivity index (χ1) is 3.72. The number of rotatable bonds is 2. The van der Waals surface area contributed by atoms with Gasteiger partial charge in [-0.1, -0.05) is 6.92 Å². The Morgan fingerprint density at radius 1 is 1.44 bits per heavy atom. The van der Waals surface area contributed by atoms with Crippen LogP contribution in [0.4, 0.5) is 0 Å². The van der Waals surface area contributed by atoms with Crippen molar-refractivity contribution in [1.29, 1.82) is 0 Å². The van der Waals surface area contributed by atoms with Crippen LogP contribution in [0, 0.1) is 0 Å². The van der Waals surface area contributed by atoms with Gasteiger partial charge in [-0.2, -0.15) is 0 Å². The number of hydrogen-bond acceptors (Lipinski definition) is 3. The Bertz CT molecular complexity index is 96.8. The molecule has 9 heavy (non-hydrogen) atoms. The zero-order valence-electron chi connectivity index (χ0n) is 4.93. The number of esters is 1. The quantitative estimate of drug-likeness (QED) is 0.295. The van der Waals surface area contributed by atoms with Gasteiger partial charge < -0.3 is 4.74 Å². The molecule has 0 atom stereocenters. The second-order valence-electron chi connectivity index (χ2n) is 1.27. The molecule has 0 bridgehead atoms. The first kappa shape index (κ1) is 11.9. The fraction of sp³-hybridized carbons (Fsp3) is 0.600. The standard InChI is InChI=1S/C5H8O3.Na.H/c1-3-4(6)5(7)8-2;;/h3H2,1-2H3;;. The molecule has 0 saturated heterocycles. The number of ether oxygens (including phenoxy) is 1. The van der Waals surface area contributed by atoms with E-state index < -0.39 is 11.8 Å². The van der Waals surface area contributed by atoms with Crippen molar-refractivity contribution < 1.29 is 14.3 Å². The van der Waals surface area contributed by atoms with Crippen molar-refractivity contribution in [2.24, 2.45) is 0 Å². The van der Waals surface area contributed by atoms with E-state index in [4.69, 9.17) is 0 Å². The van der Waals surface area contributed by atoms with E-state index in [1.54, 1.807) is 6.92 Å². The summed E-state index contributed by atoms with van der Waals surface area (Å²) >= 11 is 0. The summed E-state index contributed by atoms with van der Waals surface area (Å²) in [4.78, 5) is 20.4. The minimum atomic E-state index is -0.757. The minimum absolute atomic E-state index is 0. The van der Waals surface area contributed by atoms with Gasteiger partial charge in [0.25, 0.3) is 0 Å². The number of Topliss-reactive ketones (excluding diaryl/α,β-unsaturated/α-hetero) is 1. The molecule has 0 amide bonds. The molecule has 0 fully saturated rings. The molecule has 0 aromatic heterocycles. The number of ketones is 1. The van der Waals surface area contributed by atoms with Gasteiger partial charge in [-0.3, -0.25) is 4.79 Å². The molecule has 0 aliphatic carbocycles. The zero-order chi connectivity index (χ0) is 6.57. The Balaban J connectivity index is 0. The number of hydrogen-bond donors (Lipinski definition) is 0. The van der Waals surface area contributed by atoms with Gasteiger partial charge >= 0.3 is 35.5 Å². The van der Waals surface area contributed by atoms with Gasteiger partial charge in [0, 0.05) is 6.42 Å². The third kappa shape index (κ3) is 4.63. The molecule has 0 aliphatic heterocycles. The second-order valence-corrected chi connectivity index (χ2v) is 1.27. The molecule has 0 saturated carbocycles. The van der Waals surface area contributed by atoms with Crippen LogP contribution >= 0.6 is 0 Å². The van der Waals surface area contributed by atoms with Crippen molar-refractivity contribution >= 4 is 41.3 Å². The Kier molecular flexibility index (Phi) is 8.27. The molecule has 0 heterocycles. The van der Waals surface area contributed by atoms with Gasteiger partial charge in [-0.15, -0.1) is 0 Å². The molecular formula is C5H9NaO3. The SMILES string of the molecule is CCC(=O)C(=O)OC.[NaH]. The summed E-state index contributed by atoms with van der Waals surface area (Å²) in [6.45, 7) is 1.61. The topological polar surface area (TPSA) is 43.4 Å². The van der Waals surface area contributed by atoms with E-state index in [0.717, 1.165) is 0 Å². The molecule has 4 heteroatoms. The summed E-state index contributed by atoms with van der Waals surface area (Å²) in [6.07, 6.45) is 0.215. The van der Waals surface area contributed by atoms with Crippen molar-refractivity contribution in [3.63, 3.8) is 0 Å². The maximum atomic E-state index is 10.3. The van der Waals surface area contributed by atoms with Gasteiger partial charge in [-0.05, 0) is 0 Å². The maximum absolute atomic E-state index is 10.3. The summed E-state index contributed by atoms with van der Waals surface area (Å²) in [6, 6.07) is 0. The van der Waals surface area contributed by atoms with E-state index in [0.29, 0.717) is 0 Å². The van der Waals surface area contributed by atoms with Gasteiger partial charge in [-0.25, -0.2) is 4.79 Å². The number of methoxy groups -OCH3 is 1. The van der Waals surface area contributed by atoms with Crippen LogP contribution in [0.3, 0.4) is 0 Å². The first-order valence-corrected chi connectivity index (χ1v) is 2.33. The molecule has 0 aliphatic rings. The van der Waals surface area contributed by atoms with Crippen molar-refractivity contribution in [2.45, 2.75) is 13.3 Å². The van der Waals surface area contributed by atoms with Gasteiger partial charge in [0.15, 0.2) is 0 Å². The fourth-order valence-corrected chi connectivity index (χ4v) is 0.258. The van der Waals surface area contributed by atoms with Crippen LogP contribution in [0.25, 0.3) is 0 Å². The molecule has 48 valence electrons. The number of carbonyl (C=O) groups excluding carboxylic acids is 2. The molecule has 0 rings (SSSR count). The molecule has 0 unspecified atom stereocenters. The third-order valence-corrected chi connectivity index (χ3v) is 0.734. The van der Waals surface area contributed by atoms with Crippen LogP contribution < -0.4 is 0 Å². The van der Waals surface area contributed by atoms with Crippen LogP contribution in [0.5, 0.6) is 0 Å². The monoisotopic (exact) mass is 140 g/mol. The summed E-state index contributed by atoms with van der Waals surface area (Å²) in [7, 11) is 1.19. The molecule has 0 N–H and O–H groups in total. The Morgan fingerprint density at radius 2 is 1.89 bits per heavy atom. The average Bonchev–Trinajstić information content (AvgIpc) is 1.84. The Labute approximate surface area is 76.0 Å². The normalized spacial score (nSPS) is 7.33. The predicted octanol–water partition coefficient (Wildman–Crippen LogP) is -0.510. The Morgan fingerprint density at radius 3 is 2.00 bits per heavy atom. The molecule has 0 aromatic rings. The van der Waals surface area contributed by atoms with Gasteiger partial charge in [0.1, 0.15) is 0 Å². The summed E-state index contributed by atoms with van der Waals surface area (Å²) in [5.41, 5.74) is 0. The molecule has 3 nitrogen and oxygen atoms in total. The van der Waals surface area contributed by atoms with E-state index in [1.807, 2.05) is 0 Å². The second kappa shape index (κ2) is 6.26. The fourth-order valence-electron chi connectivity index (χ4n) is 0.258. The average molecular weight is 140 g/mol.